The lowest BCUT2D eigenvalue weighted by Crippen LogP contribution is -2.31. The summed E-state index contributed by atoms with van der Waals surface area (Å²) in [7, 11) is 1.80. The molecule has 0 heterocycles. The summed E-state index contributed by atoms with van der Waals surface area (Å²) in [6, 6.07) is 0. The van der Waals surface area contributed by atoms with Gasteiger partial charge in [0.05, 0.1) is 31.3 Å². The smallest absolute Gasteiger partial charge is 0.330 e. The van der Waals surface area contributed by atoms with E-state index in [0.717, 1.165) is 83.1 Å². The number of hydrogen-bond donors (Lipinski definition) is 0. The van der Waals surface area contributed by atoms with E-state index < -0.39 is 5.97 Å². The summed E-state index contributed by atoms with van der Waals surface area (Å²) in [6.07, 6.45) is 14.3. The molecule has 190 valence electrons. The third-order valence-electron chi connectivity index (χ3n) is 7.52. The molecule has 0 bridgehead atoms. The Morgan fingerprint density at radius 3 is 1.91 bits per heavy atom. The van der Waals surface area contributed by atoms with E-state index in [9.17, 15) is 9.59 Å². The van der Waals surface area contributed by atoms with Crippen LogP contribution in [-0.4, -0.2) is 50.6 Å². The molecule has 3 fully saturated rings. The molecule has 0 spiro atoms. The number of methoxy groups -OCH3 is 1. The topological polar surface area (TPSA) is 71.1 Å². The van der Waals surface area contributed by atoms with E-state index in [4.69, 9.17) is 18.9 Å². The summed E-state index contributed by atoms with van der Waals surface area (Å²) in [5, 5.41) is 0. The molecule has 0 atom stereocenters. The number of carbonyl (C=O) groups is 2. The highest BCUT2D eigenvalue weighted by Gasteiger charge is 2.31. The highest BCUT2D eigenvalue weighted by Crippen LogP contribution is 2.31. The van der Waals surface area contributed by atoms with E-state index in [-0.39, 0.29) is 24.1 Å². The monoisotopic (exact) mass is 474 g/mol. The minimum Gasteiger partial charge on any atom is -0.462 e. The van der Waals surface area contributed by atoms with E-state index >= 15 is 0 Å². The fraction of sp³-hybridized carbons (Fsp3) is 0.786. The van der Waals surface area contributed by atoms with Crippen LogP contribution in [0.3, 0.4) is 0 Å². The lowest BCUT2D eigenvalue weighted by molar-refractivity contribution is -0.158. The number of rotatable bonds is 9. The zero-order chi connectivity index (χ0) is 24.2. The lowest BCUT2D eigenvalue weighted by atomic mass is 9.84. The molecule has 34 heavy (non-hydrogen) atoms. The molecular formula is C28H42O6. The van der Waals surface area contributed by atoms with Gasteiger partial charge in [-0.1, -0.05) is 18.4 Å². The van der Waals surface area contributed by atoms with E-state index in [1.54, 1.807) is 7.11 Å². The molecule has 0 N–H and O–H groups in total. The van der Waals surface area contributed by atoms with Crippen molar-refractivity contribution >= 4 is 11.9 Å². The van der Waals surface area contributed by atoms with Crippen LogP contribution >= 0.6 is 0 Å². The third-order valence-corrected chi connectivity index (χ3v) is 7.52. The van der Waals surface area contributed by atoms with E-state index in [2.05, 4.69) is 18.4 Å². The summed E-state index contributed by atoms with van der Waals surface area (Å²) in [4.78, 5) is 23.7. The molecule has 6 heteroatoms. The zero-order valence-corrected chi connectivity index (χ0v) is 20.8. The molecule has 0 aromatic carbocycles. The first-order valence-electron chi connectivity index (χ1n) is 13.2. The summed E-state index contributed by atoms with van der Waals surface area (Å²) < 4.78 is 22.2. The van der Waals surface area contributed by atoms with Gasteiger partial charge < -0.3 is 18.9 Å². The van der Waals surface area contributed by atoms with Gasteiger partial charge in [0, 0.05) is 31.4 Å². The van der Waals surface area contributed by atoms with Gasteiger partial charge in [-0.2, -0.15) is 0 Å². The standard InChI is InChI=1S/C28H42O6/c1-3-27(29)33-20-4-19-32-25-17-11-23(12-18-25)28(30)34-26-15-9-22(10-16-26)6-5-21-7-13-24(31-2)14-8-21/h3,21-26H,1,4,7-20H2,2H3. The van der Waals surface area contributed by atoms with Crippen LogP contribution in [-0.2, 0) is 28.5 Å². The minimum atomic E-state index is -0.402. The van der Waals surface area contributed by atoms with Crippen molar-refractivity contribution in [3.8, 4) is 11.8 Å². The van der Waals surface area contributed by atoms with E-state index in [1.165, 1.54) is 0 Å². The Hall–Kier alpha value is -1.84. The van der Waals surface area contributed by atoms with Gasteiger partial charge in [0.1, 0.15) is 6.10 Å². The van der Waals surface area contributed by atoms with Gasteiger partial charge in [-0.3, -0.25) is 4.79 Å². The van der Waals surface area contributed by atoms with E-state index in [0.29, 0.717) is 37.6 Å². The quantitative estimate of drug-likeness (QED) is 0.203. The van der Waals surface area contributed by atoms with Gasteiger partial charge in [-0.25, -0.2) is 4.79 Å². The second-order valence-corrected chi connectivity index (χ2v) is 9.98. The second-order valence-electron chi connectivity index (χ2n) is 9.98. The van der Waals surface area contributed by atoms with Gasteiger partial charge in [0.15, 0.2) is 0 Å². The molecule has 0 aliphatic heterocycles. The molecular weight excluding hydrogens is 432 g/mol. The van der Waals surface area contributed by atoms with Crippen molar-refractivity contribution in [2.24, 2.45) is 17.8 Å². The Morgan fingerprint density at radius 2 is 1.35 bits per heavy atom. The van der Waals surface area contributed by atoms with Gasteiger partial charge in [-0.15, -0.1) is 0 Å². The highest BCUT2D eigenvalue weighted by atomic mass is 16.5. The van der Waals surface area contributed by atoms with Crippen LogP contribution in [0.5, 0.6) is 0 Å². The van der Waals surface area contributed by atoms with Crippen molar-refractivity contribution in [1.29, 1.82) is 0 Å². The molecule has 0 unspecified atom stereocenters. The fourth-order valence-corrected chi connectivity index (χ4v) is 5.27. The Kier molecular flexibility index (Phi) is 11.4. The van der Waals surface area contributed by atoms with Crippen LogP contribution in [0, 0.1) is 29.6 Å². The summed E-state index contributed by atoms with van der Waals surface area (Å²) in [5.41, 5.74) is 0. The fourth-order valence-electron chi connectivity index (χ4n) is 5.27. The molecule has 0 radical (unpaired) electrons. The average molecular weight is 475 g/mol. The largest absolute Gasteiger partial charge is 0.462 e. The Labute approximate surface area is 205 Å². The molecule has 0 saturated heterocycles. The minimum absolute atomic E-state index is 0.00635. The Bertz CT molecular complexity index is 698. The van der Waals surface area contributed by atoms with Crippen LogP contribution in [0.15, 0.2) is 12.7 Å². The number of carbonyl (C=O) groups excluding carboxylic acids is 2. The van der Waals surface area contributed by atoms with Crippen LogP contribution in [0.4, 0.5) is 0 Å². The average Bonchev–Trinajstić information content (AvgIpc) is 2.88. The molecule has 6 nitrogen and oxygen atoms in total. The van der Waals surface area contributed by atoms with Crippen molar-refractivity contribution in [3.63, 3.8) is 0 Å². The van der Waals surface area contributed by atoms with E-state index in [1.807, 2.05) is 0 Å². The summed E-state index contributed by atoms with van der Waals surface area (Å²) >= 11 is 0. The van der Waals surface area contributed by atoms with Crippen molar-refractivity contribution in [3.05, 3.63) is 12.7 Å². The normalized spacial score (nSPS) is 31.6. The molecule has 3 aliphatic rings. The van der Waals surface area contributed by atoms with Crippen LogP contribution in [0.25, 0.3) is 0 Å². The van der Waals surface area contributed by atoms with Crippen molar-refractivity contribution in [2.45, 2.75) is 102 Å². The summed E-state index contributed by atoms with van der Waals surface area (Å²) in [5.74, 6) is 7.59. The third kappa shape index (κ3) is 9.07. The SMILES string of the molecule is C=CC(=O)OCCCOC1CCC(C(=O)OC2CCC(C#CC3CCC(OC)CC3)CC2)CC1. The first-order chi connectivity index (χ1) is 16.6. The maximum atomic E-state index is 12.7. The molecule has 0 amide bonds. The molecule has 0 aromatic rings. The number of esters is 2. The number of ether oxygens (including phenoxy) is 4. The first-order valence-corrected chi connectivity index (χ1v) is 13.2. The maximum absolute atomic E-state index is 12.7. The van der Waals surface area contributed by atoms with Gasteiger partial charge in [0.2, 0.25) is 0 Å². The Balaban J connectivity index is 1.26. The van der Waals surface area contributed by atoms with Crippen LogP contribution < -0.4 is 0 Å². The van der Waals surface area contributed by atoms with Crippen LogP contribution in [0.2, 0.25) is 0 Å². The second kappa shape index (κ2) is 14.5. The molecule has 3 saturated carbocycles. The van der Waals surface area contributed by atoms with Crippen LogP contribution in [0.1, 0.15) is 83.5 Å². The molecule has 0 aromatic heterocycles. The summed E-state index contributed by atoms with van der Waals surface area (Å²) in [6.45, 7) is 4.27. The Morgan fingerprint density at radius 1 is 0.794 bits per heavy atom. The first kappa shape index (κ1) is 26.8. The maximum Gasteiger partial charge on any atom is 0.330 e. The molecule has 3 aliphatic carbocycles. The lowest BCUT2D eigenvalue weighted by Gasteiger charge is -2.30. The number of hydrogen-bond acceptors (Lipinski definition) is 6. The van der Waals surface area contributed by atoms with Crippen molar-refractivity contribution in [2.75, 3.05) is 20.3 Å². The van der Waals surface area contributed by atoms with Crippen molar-refractivity contribution < 1.29 is 28.5 Å². The van der Waals surface area contributed by atoms with Crippen molar-refractivity contribution in [1.82, 2.24) is 0 Å². The van der Waals surface area contributed by atoms with Gasteiger partial charge in [0.25, 0.3) is 0 Å². The van der Waals surface area contributed by atoms with Gasteiger partial charge in [-0.05, 0) is 77.0 Å². The highest BCUT2D eigenvalue weighted by molar-refractivity contribution is 5.81. The molecule has 3 rings (SSSR count). The predicted molar refractivity (Wildman–Crippen MR) is 130 cm³/mol. The van der Waals surface area contributed by atoms with Gasteiger partial charge >= 0.3 is 11.9 Å². The zero-order valence-electron chi connectivity index (χ0n) is 20.8. The predicted octanol–water partition coefficient (Wildman–Crippen LogP) is 4.99.